The summed E-state index contributed by atoms with van der Waals surface area (Å²) in [7, 11) is 4.35. The lowest BCUT2D eigenvalue weighted by Crippen LogP contribution is -2.34. The Morgan fingerprint density at radius 3 is 2.45 bits per heavy atom. The highest BCUT2D eigenvalue weighted by Crippen LogP contribution is 2.40. The van der Waals surface area contributed by atoms with Crippen LogP contribution in [0.5, 0.6) is 11.5 Å². The number of hydrogen-bond donors (Lipinski definition) is 1. The fourth-order valence-corrected chi connectivity index (χ4v) is 4.42. The van der Waals surface area contributed by atoms with E-state index in [-0.39, 0.29) is 5.91 Å². The summed E-state index contributed by atoms with van der Waals surface area (Å²) >= 11 is 1.19. The molecule has 164 valence electrons. The highest BCUT2D eigenvalue weighted by Gasteiger charge is 2.42. The maximum Gasteiger partial charge on any atom is 0.337 e. The van der Waals surface area contributed by atoms with Gasteiger partial charge in [-0.25, -0.2) is 9.79 Å². The van der Waals surface area contributed by atoms with Crippen LogP contribution in [0.25, 0.3) is 0 Å². The van der Waals surface area contributed by atoms with Crippen LogP contribution in [0.2, 0.25) is 0 Å². The van der Waals surface area contributed by atoms with Crippen LogP contribution in [-0.2, 0) is 9.53 Å². The molecular weight excluding hydrogens is 420 g/mol. The molecular formula is C22H24N2O6S. The maximum atomic E-state index is 13.0. The molecule has 0 unspecified atom stereocenters. The molecule has 1 amide bonds. The second-order valence-electron chi connectivity index (χ2n) is 6.61. The van der Waals surface area contributed by atoms with E-state index in [9.17, 15) is 14.7 Å². The Balaban J connectivity index is 1.89. The van der Waals surface area contributed by atoms with Crippen LogP contribution >= 0.6 is 11.8 Å². The summed E-state index contributed by atoms with van der Waals surface area (Å²) in [5, 5.41) is 10.7. The van der Waals surface area contributed by atoms with Crippen LogP contribution in [0.15, 0.2) is 47.5 Å². The second-order valence-corrected chi connectivity index (χ2v) is 7.72. The van der Waals surface area contributed by atoms with Gasteiger partial charge < -0.3 is 19.3 Å². The zero-order valence-corrected chi connectivity index (χ0v) is 18.5. The number of aliphatic hydroxyl groups excluding tert-OH is 1. The summed E-state index contributed by atoms with van der Waals surface area (Å²) in [4.78, 5) is 30.7. The molecule has 1 saturated heterocycles. The average molecular weight is 445 g/mol. The number of thioether (sulfide) groups is 1. The summed E-state index contributed by atoms with van der Waals surface area (Å²) in [6, 6.07) is 11.6. The van der Waals surface area contributed by atoms with Gasteiger partial charge in [0.15, 0.2) is 5.17 Å². The number of rotatable bonds is 7. The number of amidine groups is 1. The first-order valence-corrected chi connectivity index (χ1v) is 10.5. The standard InChI is InChI=1S/C22H24N2O6S/c1-5-24-20(26)19(18(25)16-12-15(28-2)10-11-17(16)29-3)31-22(24)23-14-8-6-13(7-9-14)21(27)30-4/h6-12,18-19,25H,5H2,1-4H3/t18-,19+/m1/s1. The summed E-state index contributed by atoms with van der Waals surface area (Å²) in [5.41, 5.74) is 1.45. The van der Waals surface area contributed by atoms with Gasteiger partial charge in [0.1, 0.15) is 22.9 Å². The number of aliphatic imine (C=N–C) groups is 1. The molecule has 0 spiro atoms. The number of aliphatic hydroxyl groups is 1. The van der Waals surface area contributed by atoms with E-state index >= 15 is 0 Å². The molecule has 1 fully saturated rings. The van der Waals surface area contributed by atoms with Crippen molar-refractivity contribution in [1.29, 1.82) is 0 Å². The van der Waals surface area contributed by atoms with Crippen LogP contribution in [0.3, 0.4) is 0 Å². The third-order valence-corrected chi connectivity index (χ3v) is 6.08. The topological polar surface area (TPSA) is 97.7 Å². The number of esters is 1. The van der Waals surface area contributed by atoms with Gasteiger partial charge >= 0.3 is 5.97 Å². The van der Waals surface area contributed by atoms with Crippen LogP contribution in [-0.4, -0.2) is 60.2 Å². The van der Waals surface area contributed by atoms with Gasteiger partial charge in [-0.2, -0.15) is 0 Å². The molecule has 1 N–H and O–H groups in total. The molecule has 1 heterocycles. The zero-order valence-electron chi connectivity index (χ0n) is 17.7. The summed E-state index contributed by atoms with van der Waals surface area (Å²) in [5.74, 6) is 0.343. The van der Waals surface area contributed by atoms with Gasteiger partial charge in [-0.1, -0.05) is 11.8 Å². The molecule has 2 aromatic carbocycles. The van der Waals surface area contributed by atoms with E-state index in [0.29, 0.717) is 40.0 Å². The van der Waals surface area contributed by atoms with Gasteiger partial charge in [0.05, 0.1) is 32.6 Å². The third kappa shape index (κ3) is 4.67. The number of carbonyl (C=O) groups excluding carboxylic acids is 2. The largest absolute Gasteiger partial charge is 0.497 e. The Bertz CT molecular complexity index is 992. The van der Waals surface area contributed by atoms with Gasteiger partial charge in [-0.05, 0) is 49.4 Å². The predicted molar refractivity (Wildman–Crippen MR) is 118 cm³/mol. The minimum atomic E-state index is -1.12. The molecule has 2 atom stereocenters. The van der Waals surface area contributed by atoms with Gasteiger partial charge in [0, 0.05) is 12.1 Å². The Kier molecular flexibility index (Phi) is 7.19. The number of ether oxygens (including phenoxy) is 3. The van der Waals surface area contributed by atoms with Crippen LogP contribution in [0.1, 0.15) is 28.9 Å². The average Bonchev–Trinajstić information content (AvgIpc) is 3.12. The number of amides is 1. The van der Waals surface area contributed by atoms with E-state index in [1.807, 2.05) is 6.92 Å². The highest BCUT2D eigenvalue weighted by molar-refractivity contribution is 8.15. The minimum Gasteiger partial charge on any atom is -0.497 e. The van der Waals surface area contributed by atoms with Gasteiger partial charge in [0.2, 0.25) is 5.91 Å². The number of nitrogens with zero attached hydrogens (tertiary/aromatic N) is 2. The molecule has 8 nitrogen and oxygen atoms in total. The summed E-state index contributed by atoms with van der Waals surface area (Å²) in [6.07, 6.45) is -1.12. The molecule has 31 heavy (non-hydrogen) atoms. The number of hydrogen-bond acceptors (Lipinski definition) is 8. The third-order valence-electron chi connectivity index (χ3n) is 4.84. The SMILES string of the molecule is CCN1C(=O)[C@H]([C@H](O)c2cc(OC)ccc2OC)SC1=Nc1ccc(C(=O)OC)cc1. The van der Waals surface area contributed by atoms with E-state index < -0.39 is 17.3 Å². The van der Waals surface area contributed by atoms with E-state index in [1.165, 1.54) is 38.0 Å². The molecule has 9 heteroatoms. The fraction of sp³-hybridized carbons (Fsp3) is 0.318. The van der Waals surface area contributed by atoms with Gasteiger partial charge in [0.25, 0.3) is 0 Å². The molecule has 0 aliphatic carbocycles. The van der Waals surface area contributed by atoms with Crippen molar-refractivity contribution in [3.63, 3.8) is 0 Å². The summed E-state index contributed by atoms with van der Waals surface area (Å²) < 4.78 is 15.3. The van der Waals surface area contributed by atoms with Crippen molar-refractivity contribution < 1.29 is 28.9 Å². The van der Waals surface area contributed by atoms with Crippen molar-refractivity contribution in [3.8, 4) is 11.5 Å². The van der Waals surface area contributed by atoms with Crippen molar-refractivity contribution in [1.82, 2.24) is 4.90 Å². The second kappa shape index (κ2) is 9.84. The molecule has 1 aliphatic heterocycles. The van der Waals surface area contributed by atoms with Crippen LogP contribution < -0.4 is 9.47 Å². The van der Waals surface area contributed by atoms with E-state index in [2.05, 4.69) is 4.99 Å². The molecule has 0 aromatic heterocycles. The fourth-order valence-electron chi connectivity index (χ4n) is 3.19. The summed E-state index contributed by atoms with van der Waals surface area (Å²) in [6.45, 7) is 2.25. The number of carbonyl (C=O) groups is 2. The minimum absolute atomic E-state index is 0.241. The Morgan fingerprint density at radius 2 is 1.87 bits per heavy atom. The Morgan fingerprint density at radius 1 is 1.16 bits per heavy atom. The zero-order chi connectivity index (χ0) is 22.5. The number of benzene rings is 2. The van der Waals surface area contributed by atoms with Crippen LogP contribution in [0, 0.1) is 0 Å². The predicted octanol–water partition coefficient (Wildman–Crippen LogP) is 3.18. The van der Waals surface area contributed by atoms with Crippen molar-refractivity contribution >= 4 is 34.5 Å². The molecule has 0 saturated carbocycles. The highest BCUT2D eigenvalue weighted by atomic mass is 32.2. The quantitative estimate of drug-likeness (QED) is 0.655. The molecule has 0 radical (unpaired) electrons. The first-order valence-electron chi connectivity index (χ1n) is 9.58. The normalized spacial score (nSPS) is 18.2. The first-order chi connectivity index (χ1) is 14.9. The lowest BCUT2D eigenvalue weighted by molar-refractivity contribution is -0.127. The molecule has 1 aliphatic rings. The van der Waals surface area contributed by atoms with Crippen molar-refractivity contribution in [2.75, 3.05) is 27.9 Å². The van der Waals surface area contributed by atoms with E-state index in [4.69, 9.17) is 14.2 Å². The smallest absolute Gasteiger partial charge is 0.337 e. The van der Waals surface area contributed by atoms with Crippen molar-refractivity contribution in [3.05, 3.63) is 53.6 Å². The number of methoxy groups -OCH3 is 3. The molecule has 3 rings (SSSR count). The molecule has 0 bridgehead atoms. The van der Waals surface area contributed by atoms with Gasteiger partial charge in [-0.15, -0.1) is 0 Å². The maximum absolute atomic E-state index is 13.0. The lowest BCUT2D eigenvalue weighted by Gasteiger charge is -2.19. The lowest BCUT2D eigenvalue weighted by atomic mass is 10.0. The van der Waals surface area contributed by atoms with E-state index in [1.54, 1.807) is 42.5 Å². The first kappa shape index (κ1) is 22.6. The van der Waals surface area contributed by atoms with E-state index in [0.717, 1.165) is 0 Å². The van der Waals surface area contributed by atoms with Crippen LogP contribution in [0.4, 0.5) is 5.69 Å². The van der Waals surface area contributed by atoms with Crippen molar-refractivity contribution in [2.45, 2.75) is 18.3 Å². The Labute approximate surface area is 184 Å². The Hall–Kier alpha value is -3.04. The monoisotopic (exact) mass is 444 g/mol. The van der Waals surface area contributed by atoms with Gasteiger partial charge in [-0.3, -0.25) is 9.69 Å². The molecule has 2 aromatic rings. The van der Waals surface area contributed by atoms with Crippen molar-refractivity contribution in [2.24, 2.45) is 4.99 Å².